The van der Waals surface area contributed by atoms with Gasteiger partial charge in [0.05, 0.1) is 13.1 Å². The fourth-order valence-electron chi connectivity index (χ4n) is 1.93. The molecule has 0 radical (unpaired) electrons. The minimum absolute atomic E-state index is 0.00688. The lowest BCUT2D eigenvalue weighted by molar-refractivity contribution is -0.159. The lowest BCUT2D eigenvalue weighted by Gasteiger charge is -2.18. The normalized spacial score (nSPS) is 11.4. The van der Waals surface area contributed by atoms with E-state index in [0.29, 0.717) is 11.1 Å². The molecule has 1 N–H and O–H groups in total. The van der Waals surface area contributed by atoms with Gasteiger partial charge in [0, 0.05) is 12.5 Å². The van der Waals surface area contributed by atoms with Gasteiger partial charge in [-0.1, -0.05) is 29.4 Å². The van der Waals surface area contributed by atoms with Gasteiger partial charge in [-0.2, -0.15) is 18.2 Å². The molecule has 0 bridgehead atoms. The van der Waals surface area contributed by atoms with Crippen LogP contribution < -0.4 is 4.84 Å². The zero-order valence-electron chi connectivity index (χ0n) is 12.8. The number of carbonyl (C=O) groups excluding carboxylic acids is 2. The van der Waals surface area contributed by atoms with Crippen molar-refractivity contribution >= 4 is 23.6 Å². The number of benzene rings is 1. The Morgan fingerprint density at radius 2 is 1.92 bits per heavy atom. The second-order valence-electron chi connectivity index (χ2n) is 4.93. The molecule has 1 heterocycles. The highest BCUT2D eigenvalue weighted by Crippen LogP contribution is 2.29. The van der Waals surface area contributed by atoms with E-state index in [9.17, 15) is 22.8 Å². The van der Waals surface area contributed by atoms with Crippen molar-refractivity contribution in [2.45, 2.75) is 19.6 Å². The average Bonchev–Trinajstić information content (AvgIpc) is 3.03. The highest BCUT2D eigenvalue weighted by atomic mass is 35.5. The average molecular weight is 377 g/mol. The molecule has 0 aliphatic heterocycles. The largest absolute Gasteiger partial charge is 0.471 e. The number of alkyl halides is 3. The first-order valence-electron chi connectivity index (χ1n) is 6.87. The molecule has 0 atom stereocenters. The summed E-state index contributed by atoms with van der Waals surface area (Å²) in [6.45, 7) is 1.01. The number of nitrogens with one attached hydrogen (secondary N) is 1. The number of hydrogen-bond acceptors (Lipinski definition) is 6. The summed E-state index contributed by atoms with van der Waals surface area (Å²) in [7, 11) is 0. The molecular weight excluding hydrogens is 365 g/mol. The van der Waals surface area contributed by atoms with Gasteiger partial charge >= 0.3 is 12.1 Å². The van der Waals surface area contributed by atoms with Gasteiger partial charge < -0.3 is 4.52 Å². The van der Waals surface area contributed by atoms with E-state index in [1.54, 1.807) is 0 Å². The van der Waals surface area contributed by atoms with E-state index in [4.69, 9.17) is 11.8 Å². The molecule has 1 aromatic carbocycles. The smallest absolute Gasteiger partial charge is 0.329 e. The summed E-state index contributed by atoms with van der Waals surface area (Å²) in [6, 6.07) is 6.00. The molecule has 2 amide bonds. The van der Waals surface area contributed by atoms with Crippen molar-refractivity contribution in [2.24, 2.45) is 0 Å². The molecule has 2 aromatic rings. The fraction of sp³-hybridized carbons (Fsp3) is 0.286. The maximum atomic E-state index is 12.5. The molecule has 2 rings (SSSR count). The topological polar surface area (TPSA) is 88.3 Å². The summed E-state index contributed by atoms with van der Waals surface area (Å²) in [5.41, 5.74) is 0.882. The van der Waals surface area contributed by atoms with Gasteiger partial charge in [-0.05, 0) is 17.3 Å². The standard InChI is InChI=1S/C14H12ClF3N4O3/c1-8(23)22(11(24)6-19-15)7-9-2-4-10(5-3-9)12-20-13(25-21-12)14(16,17)18/h2-5,19H,6-7H2,1H3. The Morgan fingerprint density at radius 3 is 2.40 bits per heavy atom. The predicted octanol–water partition coefficient (Wildman–Crippen LogP) is 2.37. The first-order valence-corrected chi connectivity index (χ1v) is 7.25. The molecule has 11 heteroatoms. The number of halogens is 4. The van der Waals surface area contributed by atoms with E-state index in [2.05, 4.69) is 19.5 Å². The SMILES string of the molecule is CC(=O)N(Cc1ccc(-c2noc(C(F)(F)F)n2)cc1)C(=O)CNCl. The molecule has 0 saturated carbocycles. The summed E-state index contributed by atoms with van der Waals surface area (Å²) < 4.78 is 41.5. The molecule has 0 fully saturated rings. The number of carbonyl (C=O) groups is 2. The van der Waals surface area contributed by atoms with Crippen LogP contribution in [0.4, 0.5) is 13.2 Å². The number of amides is 2. The summed E-state index contributed by atoms with van der Waals surface area (Å²) in [6.07, 6.45) is -4.72. The minimum Gasteiger partial charge on any atom is -0.329 e. The van der Waals surface area contributed by atoms with Crippen molar-refractivity contribution in [2.75, 3.05) is 6.54 Å². The Kier molecular flexibility index (Phi) is 5.75. The number of aromatic nitrogens is 2. The van der Waals surface area contributed by atoms with Crippen LogP contribution in [-0.2, 0) is 22.3 Å². The molecule has 0 spiro atoms. The third-order valence-corrected chi connectivity index (χ3v) is 3.25. The Balaban J connectivity index is 2.15. The molecule has 134 valence electrons. The van der Waals surface area contributed by atoms with Crippen molar-refractivity contribution in [3.05, 3.63) is 35.7 Å². The Morgan fingerprint density at radius 1 is 1.28 bits per heavy atom. The van der Waals surface area contributed by atoms with Gasteiger partial charge in [-0.25, -0.2) is 4.84 Å². The molecule has 7 nitrogen and oxygen atoms in total. The van der Waals surface area contributed by atoms with E-state index in [-0.39, 0.29) is 18.9 Å². The van der Waals surface area contributed by atoms with Crippen LogP contribution in [0.3, 0.4) is 0 Å². The van der Waals surface area contributed by atoms with E-state index < -0.39 is 23.9 Å². The van der Waals surface area contributed by atoms with Crippen LogP contribution in [0.25, 0.3) is 11.4 Å². The van der Waals surface area contributed by atoms with Crippen molar-refractivity contribution in [3.63, 3.8) is 0 Å². The summed E-state index contributed by atoms with van der Waals surface area (Å²) in [5.74, 6) is -2.63. The Bertz CT molecular complexity index is 761. The number of nitrogens with zero attached hydrogens (tertiary/aromatic N) is 3. The molecule has 1 aromatic heterocycles. The van der Waals surface area contributed by atoms with Crippen LogP contribution in [-0.4, -0.2) is 33.4 Å². The van der Waals surface area contributed by atoms with Gasteiger partial charge in [-0.3, -0.25) is 14.5 Å². The van der Waals surface area contributed by atoms with Crippen LogP contribution in [0, 0.1) is 0 Å². The van der Waals surface area contributed by atoms with Crippen LogP contribution in [0.5, 0.6) is 0 Å². The minimum atomic E-state index is -4.72. The van der Waals surface area contributed by atoms with Crippen molar-refractivity contribution < 1.29 is 27.3 Å². The Hall–Kier alpha value is -2.46. The monoisotopic (exact) mass is 376 g/mol. The van der Waals surface area contributed by atoms with Crippen LogP contribution >= 0.6 is 11.8 Å². The highest BCUT2D eigenvalue weighted by Gasteiger charge is 2.38. The van der Waals surface area contributed by atoms with Crippen molar-refractivity contribution in [3.8, 4) is 11.4 Å². The zero-order valence-corrected chi connectivity index (χ0v) is 13.6. The molecule has 0 saturated heterocycles. The highest BCUT2D eigenvalue weighted by molar-refractivity contribution is 6.14. The van der Waals surface area contributed by atoms with Crippen molar-refractivity contribution in [1.82, 2.24) is 19.9 Å². The van der Waals surface area contributed by atoms with Gasteiger partial charge in [0.2, 0.25) is 17.6 Å². The molecule has 25 heavy (non-hydrogen) atoms. The third kappa shape index (κ3) is 4.77. The van der Waals surface area contributed by atoms with E-state index in [1.807, 2.05) is 0 Å². The summed E-state index contributed by atoms with van der Waals surface area (Å²) >= 11 is 5.26. The number of rotatable bonds is 5. The number of hydrogen-bond donors (Lipinski definition) is 1. The van der Waals surface area contributed by atoms with Gasteiger partial charge in [0.1, 0.15) is 0 Å². The maximum absolute atomic E-state index is 12.5. The predicted molar refractivity (Wildman–Crippen MR) is 79.8 cm³/mol. The Labute approximate surface area is 144 Å². The van der Waals surface area contributed by atoms with Crippen LogP contribution in [0.15, 0.2) is 28.8 Å². The second-order valence-corrected chi connectivity index (χ2v) is 5.19. The third-order valence-electron chi connectivity index (χ3n) is 3.12. The molecule has 0 aliphatic carbocycles. The molecular formula is C14H12ClF3N4O3. The van der Waals surface area contributed by atoms with Gasteiger partial charge in [0.25, 0.3) is 0 Å². The lowest BCUT2D eigenvalue weighted by Crippen LogP contribution is -2.38. The first kappa shape index (κ1) is 18.9. The maximum Gasteiger partial charge on any atom is 0.471 e. The van der Waals surface area contributed by atoms with Gasteiger partial charge in [0.15, 0.2) is 0 Å². The fourth-order valence-corrected chi connectivity index (χ4v) is 2.04. The summed E-state index contributed by atoms with van der Waals surface area (Å²) in [5, 5.41) is 3.28. The van der Waals surface area contributed by atoms with Crippen LogP contribution in [0.1, 0.15) is 18.4 Å². The quantitative estimate of drug-likeness (QED) is 0.806. The zero-order chi connectivity index (χ0) is 18.6. The van der Waals surface area contributed by atoms with Crippen LogP contribution in [0.2, 0.25) is 0 Å². The van der Waals surface area contributed by atoms with E-state index >= 15 is 0 Å². The molecule has 0 unspecified atom stereocenters. The van der Waals surface area contributed by atoms with E-state index in [1.165, 1.54) is 31.2 Å². The summed E-state index contributed by atoms with van der Waals surface area (Å²) in [4.78, 5) is 29.7. The lowest BCUT2D eigenvalue weighted by atomic mass is 10.1. The number of imide groups is 1. The first-order chi connectivity index (χ1) is 11.7. The second kappa shape index (κ2) is 7.62. The molecule has 0 aliphatic rings. The van der Waals surface area contributed by atoms with Gasteiger partial charge in [-0.15, -0.1) is 0 Å². The van der Waals surface area contributed by atoms with Crippen molar-refractivity contribution in [1.29, 1.82) is 0 Å². The van der Waals surface area contributed by atoms with E-state index in [0.717, 1.165) is 4.90 Å².